The quantitative estimate of drug-likeness (QED) is 0.349. The number of carbonyl (C=O) groups excluding carboxylic acids is 2. The second kappa shape index (κ2) is 12.7. The molecule has 1 aromatic heterocycles. The van der Waals surface area contributed by atoms with E-state index in [9.17, 15) is 37.9 Å². The molecular weight excluding hydrogens is 549 g/mol. The molecule has 14 heteroatoms. The maximum Gasteiger partial charge on any atom is 0.270 e. The Morgan fingerprint density at radius 2 is 1.95 bits per heavy atom. The van der Waals surface area contributed by atoms with Crippen LogP contribution < -0.4 is 30.7 Å². The number of anilines is 2. The number of nitriles is 1. The molecular formula is C26H31F3N6O4S. The summed E-state index contributed by atoms with van der Waals surface area (Å²) >= 11 is 0.909. The lowest BCUT2D eigenvalue weighted by Gasteiger charge is -2.31. The van der Waals surface area contributed by atoms with Gasteiger partial charge in [0.1, 0.15) is 21.1 Å². The highest BCUT2D eigenvalue weighted by Gasteiger charge is 2.34. The first-order valence-electron chi connectivity index (χ1n) is 12.5. The minimum atomic E-state index is -2.74. The Morgan fingerprint density at radius 3 is 2.55 bits per heavy atom. The first kappa shape index (κ1) is 30.9. The number of carbonyl (C=O) groups is 2. The second-order valence-electron chi connectivity index (χ2n) is 9.97. The summed E-state index contributed by atoms with van der Waals surface area (Å²) in [6.07, 6.45) is 0.667. The van der Waals surface area contributed by atoms with E-state index in [4.69, 9.17) is 0 Å². The topological polar surface area (TPSA) is 139 Å². The predicted molar refractivity (Wildman–Crippen MR) is 146 cm³/mol. The molecule has 4 N–H and O–H groups in total. The summed E-state index contributed by atoms with van der Waals surface area (Å²) in [5.41, 5.74) is -1.53. The molecule has 40 heavy (non-hydrogen) atoms. The SMILES string of the molecule is CCn1c(=O)/c(=C\Nc2ccc(F)c(NC(=O)CN3CCC(F)(F)CC3)c2)s/c1=C(/C#N)C(=O)NC(C)(C)CO. The Balaban J connectivity index is 1.82. The first-order chi connectivity index (χ1) is 18.8. The number of aliphatic hydroxyl groups excluding tert-OH is 1. The van der Waals surface area contributed by atoms with Crippen LogP contribution >= 0.6 is 11.3 Å². The van der Waals surface area contributed by atoms with Gasteiger partial charge in [0.05, 0.1) is 24.4 Å². The van der Waals surface area contributed by atoms with Crippen LogP contribution in [0.1, 0.15) is 33.6 Å². The van der Waals surface area contributed by atoms with Crippen LogP contribution in [0.5, 0.6) is 0 Å². The van der Waals surface area contributed by atoms with E-state index in [0.717, 1.165) is 17.4 Å². The second-order valence-corrected chi connectivity index (χ2v) is 11.0. The van der Waals surface area contributed by atoms with Gasteiger partial charge in [-0.3, -0.25) is 23.9 Å². The number of aromatic nitrogens is 1. The van der Waals surface area contributed by atoms with E-state index >= 15 is 0 Å². The molecule has 0 atom stereocenters. The minimum absolute atomic E-state index is 0.0589. The summed E-state index contributed by atoms with van der Waals surface area (Å²) < 4.78 is 42.6. The number of hydrogen-bond acceptors (Lipinski definition) is 8. The van der Waals surface area contributed by atoms with Gasteiger partial charge >= 0.3 is 0 Å². The number of benzene rings is 1. The van der Waals surface area contributed by atoms with Crippen molar-refractivity contribution < 1.29 is 27.9 Å². The van der Waals surface area contributed by atoms with Crippen LogP contribution in [0.25, 0.3) is 11.8 Å². The molecule has 1 saturated heterocycles. The molecule has 0 unspecified atom stereocenters. The molecule has 2 aromatic rings. The van der Waals surface area contributed by atoms with Crippen molar-refractivity contribution in [2.45, 2.75) is 51.6 Å². The van der Waals surface area contributed by atoms with E-state index in [1.54, 1.807) is 25.7 Å². The van der Waals surface area contributed by atoms with Crippen LogP contribution in [0, 0.1) is 17.1 Å². The third-order valence-corrected chi connectivity index (χ3v) is 7.32. The highest BCUT2D eigenvalue weighted by atomic mass is 32.1. The van der Waals surface area contributed by atoms with Crippen molar-refractivity contribution in [2.24, 2.45) is 0 Å². The highest BCUT2D eigenvalue weighted by Crippen LogP contribution is 2.27. The normalized spacial score (nSPS) is 16.7. The van der Waals surface area contributed by atoms with Gasteiger partial charge in [0.15, 0.2) is 5.57 Å². The Morgan fingerprint density at radius 1 is 1.27 bits per heavy atom. The summed E-state index contributed by atoms with van der Waals surface area (Å²) in [5, 5.41) is 26.9. The molecule has 0 aliphatic carbocycles. The van der Waals surface area contributed by atoms with E-state index < -0.39 is 34.7 Å². The molecule has 1 aliphatic rings. The Bertz CT molecular complexity index is 1490. The minimum Gasteiger partial charge on any atom is -0.394 e. The van der Waals surface area contributed by atoms with Crippen LogP contribution in [-0.2, 0) is 16.1 Å². The molecule has 0 bridgehead atoms. The highest BCUT2D eigenvalue weighted by molar-refractivity contribution is 7.07. The van der Waals surface area contributed by atoms with Crippen molar-refractivity contribution in [1.29, 1.82) is 5.26 Å². The fourth-order valence-corrected chi connectivity index (χ4v) is 4.97. The van der Waals surface area contributed by atoms with Gasteiger partial charge in [-0.05, 0) is 39.0 Å². The van der Waals surface area contributed by atoms with Crippen LogP contribution in [0.4, 0.5) is 24.5 Å². The number of hydrogen-bond donors (Lipinski definition) is 4. The number of piperidine rings is 1. The molecule has 10 nitrogen and oxygen atoms in total. The molecule has 3 rings (SSSR count). The van der Waals surface area contributed by atoms with Crippen molar-refractivity contribution in [2.75, 3.05) is 36.9 Å². The van der Waals surface area contributed by atoms with Gasteiger partial charge in [-0.2, -0.15) is 5.26 Å². The van der Waals surface area contributed by atoms with Crippen molar-refractivity contribution in [3.63, 3.8) is 0 Å². The predicted octanol–water partition coefficient (Wildman–Crippen LogP) is 1.15. The zero-order valence-corrected chi connectivity index (χ0v) is 23.1. The molecule has 2 amide bonds. The van der Waals surface area contributed by atoms with Crippen molar-refractivity contribution in [3.05, 3.63) is 43.6 Å². The molecule has 216 valence electrons. The fraction of sp³-hybridized carbons (Fsp3) is 0.462. The molecule has 0 radical (unpaired) electrons. The maximum absolute atomic E-state index is 14.4. The van der Waals surface area contributed by atoms with E-state index in [2.05, 4.69) is 16.0 Å². The zero-order valence-electron chi connectivity index (χ0n) is 22.3. The van der Waals surface area contributed by atoms with Crippen molar-refractivity contribution in [3.8, 4) is 6.07 Å². The van der Waals surface area contributed by atoms with Gasteiger partial charge < -0.3 is 21.1 Å². The van der Waals surface area contributed by atoms with Gasteiger partial charge in [-0.15, -0.1) is 11.3 Å². The van der Waals surface area contributed by atoms with Gasteiger partial charge in [0.2, 0.25) is 5.91 Å². The van der Waals surface area contributed by atoms with E-state index in [1.165, 1.54) is 22.9 Å². The van der Waals surface area contributed by atoms with E-state index in [0.29, 0.717) is 5.69 Å². The summed E-state index contributed by atoms with van der Waals surface area (Å²) in [6.45, 7) is 4.63. The first-order valence-corrected chi connectivity index (χ1v) is 13.3. The van der Waals surface area contributed by atoms with Crippen molar-refractivity contribution in [1.82, 2.24) is 14.8 Å². The van der Waals surface area contributed by atoms with Gasteiger partial charge in [-0.25, -0.2) is 13.2 Å². The Kier molecular flexibility index (Phi) is 9.78. The van der Waals surface area contributed by atoms with Crippen LogP contribution in [0.15, 0.2) is 23.0 Å². The summed E-state index contributed by atoms with van der Waals surface area (Å²) in [4.78, 5) is 39.6. The Hall–Kier alpha value is -3.67. The maximum atomic E-state index is 14.4. The summed E-state index contributed by atoms with van der Waals surface area (Å²) in [5.74, 6) is -4.74. The number of rotatable bonds is 9. The third-order valence-electron chi connectivity index (χ3n) is 6.19. The van der Waals surface area contributed by atoms with Gasteiger partial charge in [0, 0.05) is 44.4 Å². The van der Waals surface area contributed by atoms with Crippen LogP contribution in [0.3, 0.4) is 0 Å². The average molecular weight is 581 g/mol. The molecule has 1 aromatic carbocycles. The number of aliphatic hydroxyl groups is 1. The zero-order chi connectivity index (χ0) is 29.7. The average Bonchev–Trinajstić information content (AvgIpc) is 3.20. The lowest BCUT2D eigenvalue weighted by Crippen LogP contribution is -2.47. The van der Waals surface area contributed by atoms with E-state index in [-0.39, 0.29) is 66.1 Å². The van der Waals surface area contributed by atoms with Crippen LogP contribution in [-0.4, -0.2) is 64.1 Å². The molecule has 1 fully saturated rings. The molecule has 1 aliphatic heterocycles. The smallest absolute Gasteiger partial charge is 0.270 e. The summed E-state index contributed by atoms with van der Waals surface area (Å²) in [7, 11) is 0. The molecule has 0 spiro atoms. The number of thiazole rings is 1. The standard InChI is InChI=1S/C26H31F3N6O4S/c1-4-35-23(39)20(40-24(35)17(12-30)22(38)33-25(2,3)15-36)13-31-16-5-6-18(27)19(11-16)32-21(37)14-34-9-7-26(28,29)8-10-34/h5-6,11,13,31,36H,4,7-10,14-15H2,1-3H3,(H,32,37)(H,33,38)/b20-13+,24-17-. The Labute approximate surface area is 232 Å². The number of nitrogens with zero attached hydrogens (tertiary/aromatic N) is 3. The monoisotopic (exact) mass is 580 g/mol. The number of alkyl halides is 2. The largest absolute Gasteiger partial charge is 0.394 e. The molecule has 0 saturated carbocycles. The van der Waals surface area contributed by atoms with Gasteiger partial charge in [-0.1, -0.05) is 0 Å². The third kappa shape index (κ3) is 7.71. The fourth-order valence-electron chi connectivity index (χ4n) is 3.89. The van der Waals surface area contributed by atoms with Crippen molar-refractivity contribution >= 4 is 46.3 Å². The van der Waals surface area contributed by atoms with Gasteiger partial charge in [0.25, 0.3) is 17.4 Å². The number of nitrogens with one attached hydrogen (secondary N) is 3. The number of amides is 2. The lowest BCUT2D eigenvalue weighted by molar-refractivity contribution is -0.119. The lowest BCUT2D eigenvalue weighted by atomic mass is 10.1. The summed E-state index contributed by atoms with van der Waals surface area (Å²) in [6, 6.07) is 5.66. The number of halogens is 3. The molecule has 2 heterocycles. The van der Waals surface area contributed by atoms with E-state index in [1.807, 2.05) is 6.07 Å². The number of likely N-dealkylation sites (tertiary alicyclic amines) is 1. The van der Waals surface area contributed by atoms with Crippen LogP contribution in [0.2, 0.25) is 0 Å².